The highest BCUT2D eigenvalue weighted by Crippen LogP contribution is 2.18. The summed E-state index contributed by atoms with van der Waals surface area (Å²) in [4.78, 5) is 23.9. The number of hydrogen-bond donors (Lipinski definition) is 0. The number of halogens is 1. The maximum Gasteiger partial charge on any atom is 0.328 e. The van der Waals surface area contributed by atoms with E-state index in [9.17, 15) is 9.59 Å². The van der Waals surface area contributed by atoms with Crippen LogP contribution in [0.15, 0.2) is 0 Å². The summed E-state index contributed by atoms with van der Waals surface area (Å²) in [5.41, 5.74) is 0. The van der Waals surface area contributed by atoms with E-state index in [-0.39, 0.29) is 17.8 Å². The third-order valence-corrected chi connectivity index (χ3v) is 2.39. The van der Waals surface area contributed by atoms with Gasteiger partial charge in [0.25, 0.3) is 0 Å². The number of methoxy groups -OCH3 is 1. The largest absolute Gasteiger partial charge is 0.467 e. The molecule has 13 heavy (non-hydrogen) atoms. The molecule has 1 aliphatic rings. The molecule has 1 atom stereocenters. The SMILES string of the molecule is COC(=O)[C@@H]1CCCN1C(=O)CCl. The zero-order valence-corrected chi connectivity index (χ0v) is 8.21. The molecule has 0 aliphatic carbocycles. The van der Waals surface area contributed by atoms with Crippen molar-refractivity contribution in [2.45, 2.75) is 18.9 Å². The molecule has 0 N–H and O–H groups in total. The predicted molar refractivity (Wildman–Crippen MR) is 47.5 cm³/mol. The van der Waals surface area contributed by atoms with Crippen molar-refractivity contribution in [1.82, 2.24) is 4.90 Å². The molecule has 0 saturated carbocycles. The molecule has 1 saturated heterocycles. The van der Waals surface area contributed by atoms with E-state index in [0.717, 1.165) is 6.42 Å². The Balaban J connectivity index is 2.63. The van der Waals surface area contributed by atoms with E-state index in [2.05, 4.69) is 4.74 Å². The number of esters is 1. The summed E-state index contributed by atoms with van der Waals surface area (Å²) in [6, 6.07) is -0.420. The van der Waals surface area contributed by atoms with Gasteiger partial charge in [-0.15, -0.1) is 11.6 Å². The Kier molecular flexibility index (Phi) is 3.54. The summed E-state index contributed by atoms with van der Waals surface area (Å²) >= 11 is 5.40. The van der Waals surface area contributed by atoms with Crippen molar-refractivity contribution in [3.05, 3.63) is 0 Å². The number of rotatable bonds is 2. The molecule has 1 heterocycles. The Hall–Kier alpha value is -0.770. The molecule has 5 heteroatoms. The normalized spacial score (nSPS) is 21.7. The Bertz CT molecular complexity index is 197. The van der Waals surface area contributed by atoms with Gasteiger partial charge in [0.05, 0.1) is 7.11 Å². The van der Waals surface area contributed by atoms with Gasteiger partial charge in [0.15, 0.2) is 0 Å². The second kappa shape index (κ2) is 4.46. The summed E-state index contributed by atoms with van der Waals surface area (Å²) in [6.07, 6.45) is 1.51. The molecule has 1 rings (SSSR count). The number of nitrogens with zero attached hydrogens (tertiary/aromatic N) is 1. The fourth-order valence-corrected chi connectivity index (χ4v) is 1.68. The van der Waals surface area contributed by atoms with Crippen molar-refractivity contribution in [2.24, 2.45) is 0 Å². The number of carbonyl (C=O) groups excluding carboxylic acids is 2. The fraction of sp³-hybridized carbons (Fsp3) is 0.750. The van der Waals surface area contributed by atoms with E-state index >= 15 is 0 Å². The molecule has 0 unspecified atom stereocenters. The molecule has 0 bridgehead atoms. The van der Waals surface area contributed by atoms with Gasteiger partial charge in [0, 0.05) is 6.54 Å². The minimum absolute atomic E-state index is 0.0759. The molecule has 4 nitrogen and oxygen atoms in total. The van der Waals surface area contributed by atoms with Crippen molar-refractivity contribution in [2.75, 3.05) is 19.5 Å². The van der Waals surface area contributed by atoms with E-state index in [0.29, 0.717) is 13.0 Å². The van der Waals surface area contributed by atoms with Crippen molar-refractivity contribution in [1.29, 1.82) is 0 Å². The second-order valence-corrected chi connectivity index (χ2v) is 3.17. The van der Waals surface area contributed by atoms with Crippen LogP contribution in [0.5, 0.6) is 0 Å². The molecule has 1 amide bonds. The maximum atomic E-state index is 11.2. The molecule has 0 aromatic carbocycles. The summed E-state index contributed by atoms with van der Waals surface area (Å²) in [6.45, 7) is 0.602. The monoisotopic (exact) mass is 205 g/mol. The van der Waals surface area contributed by atoms with Crippen LogP contribution < -0.4 is 0 Å². The van der Waals surface area contributed by atoms with Crippen LogP contribution in [0.4, 0.5) is 0 Å². The Morgan fingerprint density at radius 1 is 1.62 bits per heavy atom. The van der Waals surface area contributed by atoms with Crippen LogP contribution in [-0.4, -0.2) is 42.4 Å². The number of hydrogen-bond acceptors (Lipinski definition) is 3. The Morgan fingerprint density at radius 2 is 2.31 bits per heavy atom. The Labute approximate surface area is 81.8 Å². The van der Waals surface area contributed by atoms with Crippen molar-refractivity contribution < 1.29 is 14.3 Å². The van der Waals surface area contributed by atoms with Crippen LogP contribution in [-0.2, 0) is 14.3 Å². The van der Waals surface area contributed by atoms with Crippen LogP contribution in [0.25, 0.3) is 0 Å². The summed E-state index contributed by atoms with van der Waals surface area (Å²) in [7, 11) is 1.32. The minimum atomic E-state index is -0.420. The average molecular weight is 206 g/mol. The smallest absolute Gasteiger partial charge is 0.328 e. The molecule has 1 aliphatic heterocycles. The van der Waals surface area contributed by atoms with E-state index in [1.807, 2.05) is 0 Å². The van der Waals surface area contributed by atoms with Crippen molar-refractivity contribution >= 4 is 23.5 Å². The van der Waals surface area contributed by atoms with Gasteiger partial charge in [-0.25, -0.2) is 4.79 Å². The third kappa shape index (κ3) is 2.12. The number of amides is 1. The number of carbonyl (C=O) groups is 2. The van der Waals surface area contributed by atoms with Gasteiger partial charge in [0.2, 0.25) is 5.91 Å². The molecule has 74 valence electrons. The van der Waals surface area contributed by atoms with Gasteiger partial charge in [-0.1, -0.05) is 0 Å². The lowest BCUT2D eigenvalue weighted by Crippen LogP contribution is -2.41. The van der Waals surface area contributed by atoms with Crippen LogP contribution in [0, 0.1) is 0 Å². The number of likely N-dealkylation sites (tertiary alicyclic amines) is 1. The average Bonchev–Trinajstić information content (AvgIpc) is 2.63. The molecular formula is C8H12ClNO3. The van der Waals surface area contributed by atoms with Crippen LogP contribution in [0.1, 0.15) is 12.8 Å². The lowest BCUT2D eigenvalue weighted by atomic mass is 10.2. The quantitative estimate of drug-likeness (QED) is 0.484. The molecule has 1 fully saturated rings. The topological polar surface area (TPSA) is 46.6 Å². The standard InChI is InChI=1S/C8H12ClNO3/c1-13-8(12)6-3-2-4-10(6)7(11)5-9/h6H,2-5H2,1H3/t6-/m0/s1. The predicted octanol–water partition coefficient (Wildman–Crippen LogP) is 0.389. The van der Waals surface area contributed by atoms with E-state index in [4.69, 9.17) is 11.6 Å². The summed E-state index contributed by atoms with van der Waals surface area (Å²) in [5.74, 6) is -0.626. The highest BCUT2D eigenvalue weighted by molar-refractivity contribution is 6.27. The molecular weight excluding hydrogens is 194 g/mol. The Morgan fingerprint density at radius 3 is 2.85 bits per heavy atom. The van der Waals surface area contributed by atoms with E-state index in [1.165, 1.54) is 12.0 Å². The van der Waals surface area contributed by atoms with Crippen LogP contribution in [0.2, 0.25) is 0 Å². The van der Waals surface area contributed by atoms with Gasteiger partial charge < -0.3 is 9.64 Å². The van der Waals surface area contributed by atoms with Gasteiger partial charge in [-0.3, -0.25) is 4.79 Å². The van der Waals surface area contributed by atoms with E-state index in [1.54, 1.807) is 0 Å². The molecule has 0 spiro atoms. The summed E-state index contributed by atoms with van der Waals surface area (Å²) < 4.78 is 4.58. The van der Waals surface area contributed by atoms with Gasteiger partial charge >= 0.3 is 5.97 Å². The number of ether oxygens (including phenoxy) is 1. The summed E-state index contributed by atoms with van der Waals surface area (Å²) in [5, 5.41) is 0. The molecule has 0 aromatic rings. The molecule has 0 radical (unpaired) electrons. The first-order valence-corrected chi connectivity index (χ1v) is 4.67. The second-order valence-electron chi connectivity index (χ2n) is 2.90. The first-order chi connectivity index (χ1) is 6.20. The molecule has 0 aromatic heterocycles. The highest BCUT2D eigenvalue weighted by atomic mass is 35.5. The maximum absolute atomic E-state index is 11.2. The third-order valence-electron chi connectivity index (χ3n) is 2.16. The highest BCUT2D eigenvalue weighted by Gasteiger charge is 2.34. The first-order valence-electron chi connectivity index (χ1n) is 4.14. The van der Waals surface area contributed by atoms with Crippen molar-refractivity contribution in [3.8, 4) is 0 Å². The van der Waals surface area contributed by atoms with Crippen molar-refractivity contribution in [3.63, 3.8) is 0 Å². The first kappa shape index (κ1) is 10.3. The van der Waals surface area contributed by atoms with Crippen LogP contribution in [0.3, 0.4) is 0 Å². The number of alkyl halides is 1. The zero-order chi connectivity index (χ0) is 9.84. The lowest BCUT2D eigenvalue weighted by molar-refractivity contribution is -0.150. The van der Waals surface area contributed by atoms with E-state index < -0.39 is 6.04 Å². The van der Waals surface area contributed by atoms with Gasteiger partial charge in [-0.2, -0.15) is 0 Å². The zero-order valence-electron chi connectivity index (χ0n) is 7.46. The lowest BCUT2D eigenvalue weighted by Gasteiger charge is -2.21. The van der Waals surface area contributed by atoms with Crippen LogP contribution >= 0.6 is 11.6 Å². The van der Waals surface area contributed by atoms with Gasteiger partial charge in [-0.05, 0) is 12.8 Å². The van der Waals surface area contributed by atoms with Gasteiger partial charge in [0.1, 0.15) is 11.9 Å². The minimum Gasteiger partial charge on any atom is -0.467 e. The fourth-order valence-electron chi connectivity index (χ4n) is 1.52.